The Balaban J connectivity index is 2.40. The highest BCUT2D eigenvalue weighted by atomic mass is 16.7. The van der Waals surface area contributed by atoms with E-state index in [1.165, 1.54) is 14.2 Å². The van der Waals surface area contributed by atoms with Crippen LogP contribution in [-0.4, -0.2) is 31.9 Å². The zero-order valence-electron chi connectivity index (χ0n) is 11.1. The van der Waals surface area contributed by atoms with E-state index < -0.39 is 11.9 Å². The molecule has 0 saturated carbocycles. The maximum absolute atomic E-state index is 12.2. The lowest BCUT2D eigenvalue weighted by Crippen LogP contribution is -2.50. The number of rotatable bonds is 3. The molecule has 1 aromatic carbocycles. The van der Waals surface area contributed by atoms with Crippen LogP contribution >= 0.6 is 0 Å². The van der Waals surface area contributed by atoms with Crippen molar-refractivity contribution in [3.8, 4) is 11.8 Å². The summed E-state index contributed by atoms with van der Waals surface area (Å²) in [6, 6.07) is 6.80. The van der Waals surface area contributed by atoms with Gasteiger partial charge in [0.2, 0.25) is 0 Å². The van der Waals surface area contributed by atoms with E-state index >= 15 is 0 Å². The van der Waals surface area contributed by atoms with Gasteiger partial charge in [-0.05, 0) is 25.1 Å². The molecule has 0 amide bonds. The maximum atomic E-state index is 12.2. The Morgan fingerprint density at radius 1 is 1.42 bits per heavy atom. The first-order chi connectivity index (χ1) is 9.04. The van der Waals surface area contributed by atoms with Gasteiger partial charge in [0.15, 0.2) is 17.7 Å². The van der Waals surface area contributed by atoms with Crippen LogP contribution < -0.4 is 4.74 Å². The molecule has 2 rings (SSSR count). The number of fused-ring (bicyclic) bond motifs is 1. The number of carbonyl (C=O) groups is 1. The summed E-state index contributed by atoms with van der Waals surface area (Å²) in [6.45, 7) is 1.77. The van der Waals surface area contributed by atoms with Crippen molar-refractivity contribution in [1.82, 2.24) is 0 Å². The third kappa shape index (κ3) is 2.33. The van der Waals surface area contributed by atoms with E-state index in [1.807, 2.05) is 6.07 Å². The smallest absolute Gasteiger partial charge is 0.197 e. The zero-order valence-corrected chi connectivity index (χ0v) is 11.1. The Labute approximate surface area is 111 Å². The van der Waals surface area contributed by atoms with E-state index in [4.69, 9.17) is 19.5 Å². The number of ketones is 1. The van der Waals surface area contributed by atoms with Crippen molar-refractivity contribution in [3.05, 3.63) is 29.3 Å². The third-order valence-electron chi connectivity index (χ3n) is 3.19. The fourth-order valence-electron chi connectivity index (χ4n) is 2.33. The van der Waals surface area contributed by atoms with Gasteiger partial charge in [-0.15, -0.1) is 0 Å². The molecule has 100 valence electrons. The third-order valence-corrected chi connectivity index (χ3v) is 3.19. The lowest BCUT2D eigenvalue weighted by atomic mass is 9.90. The molecule has 1 unspecified atom stereocenters. The molecular formula is C14H15NO4. The van der Waals surface area contributed by atoms with Crippen LogP contribution in [0.3, 0.4) is 0 Å². The summed E-state index contributed by atoms with van der Waals surface area (Å²) in [5.74, 6) is 0.372. The van der Waals surface area contributed by atoms with Gasteiger partial charge in [-0.3, -0.25) is 4.79 Å². The molecular weight excluding hydrogens is 246 g/mol. The van der Waals surface area contributed by atoms with Gasteiger partial charge in [0, 0.05) is 14.2 Å². The van der Waals surface area contributed by atoms with Crippen LogP contribution in [0.1, 0.15) is 29.3 Å². The number of nitriles is 1. The molecule has 0 spiro atoms. The van der Waals surface area contributed by atoms with Gasteiger partial charge >= 0.3 is 0 Å². The zero-order chi connectivity index (χ0) is 14.0. The number of nitrogens with zero attached hydrogens (tertiary/aromatic N) is 1. The Kier molecular flexibility index (Phi) is 3.56. The highest BCUT2D eigenvalue weighted by molar-refractivity contribution is 6.00. The summed E-state index contributed by atoms with van der Waals surface area (Å²) >= 11 is 0. The predicted molar refractivity (Wildman–Crippen MR) is 66.9 cm³/mol. The minimum absolute atomic E-state index is 0.0834. The summed E-state index contributed by atoms with van der Waals surface area (Å²) in [5, 5.41) is 8.85. The molecule has 0 N–H and O–H groups in total. The van der Waals surface area contributed by atoms with Gasteiger partial charge in [-0.1, -0.05) is 0 Å². The second-order valence-electron chi connectivity index (χ2n) is 4.64. The highest BCUT2D eigenvalue weighted by Crippen LogP contribution is 2.36. The van der Waals surface area contributed by atoms with E-state index in [0.29, 0.717) is 16.9 Å². The number of hydrogen-bond acceptors (Lipinski definition) is 5. The molecule has 1 aliphatic heterocycles. The largest absolute Gasteiger partial charge is 0.481 e. The quantitative estimate of drug-likeness (QED) is 0.777. The first-order valence-corrected chi connectivity index (χ1v) is 5.86. The van der Waals surface area contributed by atoms with Gasteiger partial charge in [0.05, 0.1) is 23.6 Å². The van der Waals surface area contributed by atoms with Crippen LogP contribution in [0.2, 0.25) is 0 Å². The predicted octanol–water partition coefficient (Wildman–Crippen LogP) is 1.90. The number of methoxy groups -OCH3 is 2. The van der Waals surface area contributed by atoms with Crippen LogP contribution in [0.25, 0.3) is 0 Å². The second kappa shape index (κ2) is 5.00. The van der Waals surface area contributed by atoms with Crippen LogP contribution in [0.5, 0.6) is 5.75 Å². The van der Waals surface area contributed by atoms with Crippen molar-refractivity contribution in [2.45, 2.75) is 25.2 Å². The molecule has 0 aliphatic carbocycles. The van der Waals surface area contributed by atoms with Crippen molar-refractivity contribution in [2.75, 3.05) is 14.2 Å². The molecule has 1 aliphatic rings. The molecule has 0 saturated heterocycles. The van der Waals surface area contributed by atoms with Crippen LogP contribution in [0.4, 0.5) is 0 Å². The molecule has 0 aromatic heterocycles. The molecule has 0 radical (unpaired) electrons. The topological polar surface area (TPSA) is 68.5 Å². The molecule has 0 bridgehead atoms. The Hall–Kier alpha value is -1.90. The summed E-state index contributed by atoms with van der Waals surface area (Å²) in [5.41, 5.74) is -0.00122. The van der Waals surface area contributed by atoms with Gasteiger partial charge in [0.25, 0.3) is 0 Å². The van der Waals surface area contributed by atoms with Crippen molar-refractivity contribution >= 4 is 5.78 Å². The van der Waals surface area contributed by atoms with Gasteiger partial charge in [-0.2, -0.15) is 5.26 Å². The Morgan fingerprint density at radius 3 is 2.68 bits per heavy atom. The minimum atomic E-state index is -0.873. The van der Waals surface area contributed by atoms with Crippen LogP contribution in [0, 0.1) is 11.3 Å². The molecule has 1 heterocycles. The minimum Gasteiger partial charge on any atom is -0.481 e. The Bertz CT molecular complexity index is 545. The summed E-state index contributed by atoms with van der Waals surface area (Å²) in [6.07, 6.45) is -0.499. The average Bonchev–Trinajstić information content (AvgIpc) is 2.39. The van der Waals surface area contributed by atoms with E-state index in [0.717, 1.165) is 0 Å². The normalized spacial score (nSPS) is 21.7. The van der Waals surface area contributed by atoms with Gasteiger partial charge < -0.3 is 14.2 Å². The monoisotopic (exact) mass is 261 g/mol. The molecule has 5 heteroatoms. The van der Waals surface area contributed by atoms with Crippen molar-refractivity contribution < 1.29 is 19.0 Å². The van der Waals surface area contributed by atoms with E-state index in [9.17, 15) is 4.79 Å². The standard InChI is InChI=1S/C14H15NO4/c1-14(13(17-2)18-3)7-11(16)10-6-9(8-15)4-5-12(10)19-14/h4-6,13H,7H2,1-3H3. The molecule has 0 fully saturated rings. The maximum Gasteiger partial charge on any atom is 0.197 e. The lowest BCUT2D eigenvalue weighted by molar-refractivity contribution is -0.197. The SMILES string of the molecule is COC(OC)C1(C)CC(=O)c2cc(C#N)ccc2O1. The van der Waals surface area contributed by atoms with E-state index in [2.05, 4.69) is 0 Å². The number of hydrogen-bond donors (Lipinski definition) is 0. The number of ether oxygens (including phenoxy) is 3. The van der Waals surface area contributed by atoms with Crippen molar-refractivity contribution in [2.24, 2.45) is 0 Å². The van der Waals surface area contributed by atoms with E-state index in [-0.39, 0.29) is 12.2 Å². The summed E-state index contributed by atoms with van der Waals surface area (Å²) in [7, 11) is 3.00. The van der Waals surface area contributed by atoms with E-state index in [1.54, 1.807) is 25.1 Å². The first kappa shape index (κ1) is 13.5. The van der Waals surface area contributed by atoms with Crippen LogP contribution in [-0.2, 0) is 9.47 Å². The number of benzene rings is 1. The number of Topliss-reactive ketones (excluding diaryl/α,β-unsaturated/α-hetero) is 1. The number of carbonyl (C=O) groups excluding carboxylic acids is 1. The molecule has 1 atom stereocenters. The highest BCUT2D eigenvalue weighted by Gasteiger charge is 2.44. The van der Waals surface area contributed by atoms with Crippen molar-refractivity contribution in [1.29, 1.82) is 5.26 Å². The second-order valence-corrected chi connectivity index (χ2v) is 4.64. The molecule has 19 heavy (non-hydrogen) atoms. The summed E-state index contributed by atoms with van der Waals surface area (Å²) in [4.78, 5) is 12.2. The van der Waals surface area contributed by atoms with Crippen molar-refractivity contribution in [3.63, 3.8) is 0 Å². The van der Waals surface area contributed by atoms with Gasteiger partial charge in [0.1, 0.15) is 5.75 Å². The van der Waals surface area contributed by atoms with Gasteiger partial charge in [-0.25, -0.2) is 0 Å². The summed E-state index contributed by atoms with van der Waals surface area (Å²) < 4.78 is 16.2. The Morgan fingerprint density at radius 2 is 2.11 bits per heavy atom. The average molecular weight is 261 g/mol. The molecule has 1 aromatic rings. The van der Waals surface area contributed by atoms with Crippen LogP contribution in [0.15, 0.2) is 18.2 Å². The molecule has 5 nitrogen and oxygen atoms in total. The fraction of sp³-hybridized carbons (Fsp3) is 0.429. The lowest BCUT2D eigenvalue weighted by Gasteiger charge is -2.38. The first-order valence-electron chi connectivity index (χ1n) is 5.86. The fourth-order valence-corrected chi connectivity index (χ4v) is 2.33.